The molecule has 1 atom stereocenters. The molecular weight excluding hydrogens is 426 g/mol. The highest BCUT2D eigenvalue weighted by Gasteiger charge is 2.28. The van der Waals surface area contributed by atoms with Gasteiger partial charge in [0.15, 0.2) is 0 Å². The molecule has 0 unspecified atom stereocenters. The van der Waals surface area contributed by atoms with Gasteiger partial charge < -0.3 is 10.2 Å². The topological polar surface area (TPSA) is 49.4 Å². The summed E-state index contributed by atoms with van der Waals surface area (Å²) in [5.41, 5.74) is 1.46. The van der Waals surface area contributed by atoms with Gasteiger partial charge in [0, 0.05) is 12.6 Å². The molecule has 4 nitrogen and oxygen atoms in total. The Morgan fingerprint density at radius 2 is 1.70 bits per heavy atom. The van der Waals surface area contributed by atoms with E-state index in [4.69, 9.17) is 23.2 Å². The first-order valence-electron chi connectivity index (χ1n) is 10.1. The molecule has 2 aromatic rings. The minimum absolute atomic E-state index is 0.0721. The van der Waals surface area contributed by atoms with Crippen molar-refractivity contribution in [2.24, 2.45) is 0 Å². The Morgan fingerprint density at radius 3 is 2.33 bits per heavy atom. The van der Waals surface area contributed by atoms with Crippen molar-refractivity contribution in [1.29, 1.82) is 0 Å². The number of carbonyl (C=O) groups is 2. The second-order valence-electron chi connectivity index (χ2n) is 7.74. The minimum Gasteiger partial charge on any atom is -0.352 e. The summed E-state index contributed by atoms with van der Waals surface area (Å²) >= 11 is 12.1. The summed E-state index contributed by atoms with van der Waals surface area (Å²) in [6, 6.07) is 10.5. The van der Waals surface area contributed by atoms with Crippen molar-refractivity contribution in [2.45, 2.75) is 57.7 Å². The fourth-order valence-corrected chi connectivity index (χ4v) is 4.01. The first-order valence-corrected chi connectivity index (χ1v) is 10.9. The Balaban J connectivity index is 1.78. The molecule has 0 heterocycles. The summed E-state index contributed by atoms with van der Waals surface area (Å²) in [6.07, 6.45) is 4.22. The number of halogens is 3. The average molecular weight is 451 g/mol. The van der Waals surface area contributed by atoms with E-state index in [1.165, 1.54) is 17.0 Å². The molecule has 30 heavy (non-hydrogen) atoms. The van der Waals surface area contributed by atoms with Crippen LogP contribution < -0.4 is 5.32 Å². The van der Waals surface area contributed by atoms with E-state index >= 15 is 0 Å². The molecule has 0 radical (unpaired) electrons. The van der Waals surface area contributed by atoms with Crippen LogP contribution in [0.4, 0.5) is 4.39 Å². The summed E-state index contributed by atoms with van der Waals surface area (Å²) in [4.78, 5) is 27.5. The van der Waals surface area contributed by atoms with Crippen molar-refractivity contribution >= 4 is 35.0 Å². The third-order valence-electron chi connectivity index (χ3n) is 5.47. The number of rotatable bonds is 7. The summed E-state index contributed by atoms with van der Waals surface area (Å²) in [5.74, 6) is -0.751. The third-order valence-corrected chi connectivity index (χ3v) is 6.21. The SMILES string of the molecule is C[C@@H](C(=O)NC1CCCC1)N(Cc1ccc(Cl)c(Cl)c1)C(=O)Cc1ccc(F)cc1. The molecule has 0 aliphatic heterocycles. The molecule has 1 saturated carbocycles. The Kier molecular flexibility index (Phi) is 7.73. The summed E-state index contributed by atoms with van der Waals surface area (Å²) in [5, 5.41) is 3.88. The lowest BCUT2D eigenvalue weighted by molar-refractivity contribution is -0.140. The Bertz CT molecular complexity index is 899. The quantitative estimate of drug-likeness (QED) is 0.633. The standard InChI is InChI=1S/C23H25Cl2FN2O2/c1-15(23(30)27-19-4-2-3-5-19)28(14-17-8-11-20(24)21(25)12-17)22(29)13-16-6-9-18(26)10-7-16/h6-12,15,19H,2-5,13-14H2,1H3,(H,27,30)/t15-/m0/s1. The minimum atomic E-state index is -0.659. The van der Waals surface area contributed by atoms with Crippen molar-refractivity contribution in [2.75, 3.05) is 0 Å². The predicted octanol–water partition coefficient (Wildman–Crippen LogP) is 5.15. The number of amides is 2. The second-order valence-corrected chi connectivity index (χ2v) is 8.55. The monoisotopic (exact) mass is 450 g/mol. The average Bonchev–Trinajstić information content (AvgIpc) is 3.23. The zero-order valence-corrected chi connectivity index (χ0v) is 18.3. The maximum atomic E-state index is 13.2. The Hall–Kier alpha value is -2.11. The fourth-order valence-electron chi connectivity index (χ4n) is 3.69. The van der Waals surface area contributed by atoms with E-state index in [2.05, 4.69) is 5.32 Å². The molecule has 7 heteroatoms. The molecule has 2 amide bonds. The summed E-state index contributed by atoms with van der Waals surface area (Å²) in [7, 11) is 0. The van der Waals surface area contributed by atoms with Gasteiger partial charge in [0.2, 0.25) is 11.8 Å². The Labute approximate surface area is 186 Å². The zero-order chi connectivity index (χ0) is 21.7. The number of carbonyl (C=O) groups excluding carboxylic acids is 2. The van der Waals surface area contributed by atoms with Gasteiger partial charge in [0.25, 0.3) is 0 Å². The molecular formula is C23H25Cl2FN2O2. The molecule has 0 bridgehead atoms. The van der Waals surface area contributed by atoms with Crippen molar-refractivity contribution in [3.05, 3.63) is 69.5 Å². The van der Waals surface area contributed by atoms with Crippen LogP contribution in [0.15, 0.2) is 42.5 Å². The van der Waals surface area contributed by atoms with Gasteiger partial charge in [-0.2, -0.15) is 0 Å². The van der Waals surface area contributed by atoms with Crippen molar-refractivity contribution < 1.29 is 14.0 Å². The second kappa shape index (κ2) is 10.3. The Morgan fingerprint density at radius 1 is 1.07 bits per heavy atom. The lowest BCUT2D eigenvalue weighted by Crippen LogP contribution is -2.50. The maximum absolute atomic E-state index is 13.2. The van der Waals surface area contributed by atoms with Crippen LogP contribution in [0.3, 0.4) is 0 Å². The van der Waals surface area contributed by atoms with Gasteiger partial charge in [-0.3, -0.25) is 9.59 Å². The number of benzene rings is 2. The van der Waals surface area contributed by atoms with Crippen LogP contribution in [0.25, 0.3) is 0 Å². The van der Waals surface area contributed by atoms with Crippen LogP contribution in [0, 0.1) is 5.82 Å². The smallest absolute Gasteiger partial charge is 0.242 e. The highest BCUT2D eigenvalue weighted by molar-refractivity contribution is 6.42. The van der Waals surface area contributed by atoms with E-state index in [0.29, 0.717) is 15.6 Å². The highest BCUT2D eigenvalue weighted by atomic mass is 35.5. The van der Waals surface area contributed by atoms with Crippen molar-refractivity contribution in [3.8, 4) is 0 Å². The molecule has 3 rings (SSSR count). The van der Waals surface area contributed by atoms with E-state index in [1.807, 2.05) is 0 Å². The molecule has 1 aliphatic rings. The van der Waals surface area contributed by atoms with Gasteiger partial charge in [-0.05, 0) is 55.2 Å². The van der Waals surface area contributed by atoms with Crippen LogP contribution >= 0.6 is 23.2 Å². The van der Waals surface area contributed by atoms with Gasteiger partial charge in [-0.1, -0.05) is 54.2 Å². The molecule has 0 saturated heterocycles. The molecule has 1 aliphatic carbocycles. The van der Waals surface area contributed by atoms with E-state index in [0.717, 1.165) is 31.2 Å². The van der Waals surface area contributed by atoms with Crippen molar-refractivity contribution in [3.63, 3.8) is 0 Å². The lowest BCUT2D eigenvalue weighted by atomic mass is 10.1. The van der Waals surface area contributed by atoms with Gasteiger partial charge in [-0.25, -0.2) is 4.39 Å². The van der Waals surface area contributed by atoms with Crippen molar-refractivity contribution in [1.82, 2.24) is 10.2 Å². The maximum Gasteiger partial charge on any atom is 0.242 e. The molecule has 2 aromatic carbocycles. The van der Waals surface area contributed by atoms with E-state index in [1.54, 1.807) is 37.3 Å². The molecule has 1 fully saturated rings. The number of hydrogen-bond donors (Lipinski definition) is 1. The zero-order valence-electron chi connectivity index (χ0n) is 16.8. The van der Waals surface area contributed by atoms with Gasteiger partial charge in [0.05, 0.1) is 16.5 Å². The van der Waals surface area contributed by atoms with E-state index in [-0.39, 0.29) is 36.6 Å². The first kappa shape index (κ1) is 22.6. The summed E-state index contributed by atoms with van der Waals surface area (Å²) in [6.45, 7) is 1.94. The van der Waals surface area contributed by atoms with Crippen LogP contribution in [0.2, 0.25) is 10.0 Å². The van der Waals surface area contributed by atoms with Crippen LogP contribution in [-0.4, -0.2) is 28.8 Å². The van der Waals surface area contributed by atoms with Crippen LogP contribution in [-0.2, 0) is 22.6 Å². The molecule has 0 spiro atoms. The lowest BCUT2D eigenvalue weighted by Gasteiger charge is -2.30. The van der Waals surface area contributed by atoms with Crippen LogP contribution in [0.5, 0.6) is 0 Å². The molecule has 160 valence electrons. The fraction of sp³-hybridized carbons (Fsp3) is 0.391. The number of hydrogen-bond acceptors (Lipinski definition) is 2. The van der Waals surface area contributed by atoms with E-state index in [9.17, 15) is 14.0 Å². The van der Waals surface area contributed by atoms with Gasteiger partial charge >= 0.3 is 0 Å². The largest absolute Gasteiger partial charge is 0.352 e. The van der Waals surface area contributed by atoms with Gasteiger partial charge in [0.1, 0.15) is 11.9 Å². The third kappa shape index (κ3) is 5.96. The first-order chi connectivity index (χ1) is 14.3. The van der Waals surface area contributed by atoms with E-state index < -0.39 is 6.04 Å². The normalized spacial score (nSPS) is 15.1. The van der Waals surface area contributed by atoms with Gasteiger partial charge in [-0.15, -0.1) is 0 Å². The number of nitrogens with one attached hydrogen (secondary N) is 1. The highest BCUT2D eigenvalue weighted by Crippen LogP contribution is 2.24. The molecule has 0 aromatic heterocycles. The molecule has 1 N–H and O–H groups in total. The number of nitrogens with zero attached hydrogens (tertiary/aromatic N) is 1. The summed E-state index contributed by atoms with van der Waals surface area (Å²) < 4.78 is 13.2. The predicted molar refractivity (Wildman–Crippen MR) is 117 cm³/mol. The van der Waals surface area contributed by atoms with Crippen LogP contribution in [0.1, 0.15) is 43.7 Å².